The molecule has 24 heavy (non-hydrogen) atoms. The van der Waals surface area contributed by atoms with Crippen molar-refractivity contribution in [1.82, 2.24) is 4.90 Å². The quantitative estimate of drug-likeness (QED) is 0.879. The molecule has 1 heterocycles. The maximum absolute atomic E-state index is 12.9. The van der Waals surface area contributed by atoms with E-state index in [1.54, 1.807) is 12.1 Å². The lowest BCUT2D eigenvalue weighted by Gasteiger charge is -2.39. The van der Waals surface area contributed by atoms with Crippen molar-refractivity contribution in [3.05, 3.63) is 59.9 Å². The highest BCUT2D eigenvalue weighted by Gasteiger charge is 2.26. The van der Waals surface area contributed by atoms with Gasteiger partial charge in [-0.3, -0.25) is 4.90 Å². The van der Waals surface area contributed by atoms with E-state index in [9.17, 15) is 4.39 Å². The van der Waals surface area contributed by atoms with Gasteiger partial charge in [0.2, 0.25) is 0 Å². The average molecular weight is 328 g/mol. The van der Waals surface area contributed by atoms with Crippen LogP contribution in [-0.2, 0) is 0 Å². The van der Waals surface area contributed by atoms with Gasteiger partial charge in [-0.25, -0.2) is 4.39 Å². The topological polar surface area (TPSA) is 38.5 Å². The average Bonchev–Trinajstić information content (AvgIpc) is 2.61. The van der Waals surface area contributed by atoms with Crippen molar-refractivity contribution in [1.29, 1.82) is 0 Å². The van der Waals surface area contributed by atoms with Gasteiger partial charge in [-0.05, 0) is 68.3 Å². The molecule has 2 aromatic carbocycles. The summed E-state index contributed by atoms with van der Waals surface area (Å²) < 4.78 is 18.7. The van der Waals surface area contributed by atoms with Crippen LogP contribution < -0.4 is 10.5 Å². The molecule has 2 aromatic rings. The molecule has 1 fully saturated rings. The largest absolute Gasteiger partial charge is 0.457 e. The molecule has 0 radical (unpaired) electrons. The molecule has 1 saturated heterocycles. The Labute approximate surface area is 143 Å². The van der Waals surface area contributed by atoms with Gasteiger partial charge in [0.25, 0.3) is 0 Å². The number of hydrogen-bond acceptors (Lipinski definition) is 3. The number of likely N-dealkylation sites (tertiary alicyclic amines) is 1. The summed E-state index contributed by atoms with van der Waals surface area (Å²) in [6.45, 7) is 4.01. The zero-order valence-corrected chi connectivity index (χ0v) is 14.1. The number of hydrogen-bond donors (Lipinski definition) is 1. The summed E-state index contributed by atoms with van der Waals surface area (Å²) >= 11 is 0. The fourth-order valence-corrected chi connectivity index (χ4v) is 3.44. The summed E-state index contributed by atoms with van der Waals surface area (Å²) in [6, 6.07) is 14.9. The van der Waals surface area contributed by atoms with Gasteiger partial charge in [0, 0.05) is 18.6 Å². The van der Waals surface area contributed by atoms with Gasteiger partial charge >= 0.3 is 0 Å². The molecular weight excluding hydrogens is 303 g/mol. The van der Waals surface area contributed by atoms with E-state index in [0.29, 0.717) is 18.3 Å². The molecule has 3 rings (SSSR count). The molecule has 3 nitrogen and oxygen atoms in total. The standard InChI is InChI=1S/C20H25FN2O/c1-15-4-2-3-13-23(15)20(14-22)16-5-9-18(10-6-16)24-19-11-7-17(21)8-12-19/h5-12,15,20H,2-4,13-14,22H2,1H3. The summed E-state index contributed by atoms with van der Waals surface area (Å²) in [4.78, 5) is 2.51. The highest BCUT2D eigenvalue weighted by atomic mass is 19.1. The van der Waals surface area contributed by atoms with Crippen LogP contribution in [0.25, 0.3) is 0 Å². The third-order valence-electron chi connectivity index (χ3n) is 4.79. The molecule has 0 aromatic heterocycles. The Hall–Kier alpha value is -1.91. The molecule has 2 atom stereocenters. The molecule has 0 spiro atoms. The van der Waals surface area contributed by atoms with Crippen LogP contribution in [0.4, 0.5) is 4.39 Å². The lowest BCUT2D eigenvalue weighted by Crippen LogP contribution is -2.43. The minimum absolute atomic E-state index is 0.250. The molecule has 2 unspecified atom stereocenters. The maximum Gasteiger partial charge on any atom is 0.127 e. The van der Waals surface area contributed by atoms with Gasteiger partial charge < -0.3 is 10.5 Å². The van der Waals surface area contributed by atoms with E-state index in [1.165, 1.54) is 37.0 Å². The fourth-order valence-electron chi connectivity index (χ4n) is 3.44. The van der Waals surface area contributed by atoms with Gasteiger partial charge in [0.1, 0.15) is 17.3 Å². The van der Waals surface area contributed by atoms with Crippen molar-refractivity contribution in [2.45, 2.75) is 38.3 Å². The normalized spacial score (nSPS) is 19.9. The Morgan fingerprint density at radius 2 is 1.71 bits per heavy atom. The number of piperidine rings is 1. The second-order valence-corrected chi connectivity index (χ2v) is 6.46. The van der Waals surface area contributed by atoms with E-state index in [-0.39, 0.29) is 11.9 Å². The van der Waals surface area contributed by atoms with Crippen LogP contribution in [0.2, 0.25) is 0 Å². The minimum Gasteiger partial charge on any atom is -0.457 e. The first-order valence-corrected chi connectivity index (χ1v) is 8.66. The second-order valence-electron chi connectivity index (χ2n) is 6.46. The summed E-state index contributed by atoms with van der Waals surface area (Å²) in [5.74, 6) is 1.11. The van der Waals surface area contributed by atoms with Crippen LogP contribution in [0.3, 0.4) is 0 Å². The molecule has 4 heteroatoms. The SMILES string of the molecule is CC1CCCCN1C(CN)c1ccc(Oc2ccc(F)cc2)cc1. The Kier molecular flexibility index (Phi) is 5.48. The third-order valence-corrected chi connectivity index (χ3v) is 4.79. The zero-order chi connectivity index (χ0) is 16.9. The van der Waals surface area contributed by atoms with E-state index in [4.69, 9.17) is 10.5 Å². The smallest absolute Gasteiger partial charge is 0.127 e. The minimum atomic E-state index is -0.265. The lowest BCUT2D eigenvalue weighted by atomic mass is 9.97. The molecule has 0 bridgehead atoms. The van der Waals surface area contributed by atoms with Crippen molar-refractivity contribution < 1.29 is 9.13 Å². The molecular formula is C20H25FN2O. The van der Waals surface area contributed by atoms with Crippen molar-refractivity contribution in [2.24, 2.45) is 5.73 Å². The van der Waals surface area contributed by atoms with Crippen molar-refractivity contribution in [3.8, 4) is 11.5 Å². The predicted octanol–water partition coefficient (Wildman–Crippen LogP) is 4.49. The van der Waals surface area contributed by atoms with Crippen molar-refractivity contribution in [2.75, 3.05) is 13.1 Å². The first-order valence-electron chi connectivity index (χ1n) is 8.66. The van der Waals surface area contributed by atoms with Crippen LogP contribution >= 0.6 is 0 Å². The molecule has 2 N–H and O–H groups in total. The van der Waals surface area contributed by atoms with E-state index in [1.807, 2.05) is 12.1 Å². The zero-order valence-electron chi connectivity index (χ0n) is 14.1. The number of ether oxygens (including phenoxy) is 1. The Balaban J connectivity index is 1.71. The number of benzene rings is 2. The number of halogens is 1. The van der Waals surface area contributed by atoms with Gasteiger partial charge in [-0.2, -0.15) is 0 Å². The maximum atomic E-state index is 12.9. The molecule has 128 valence electrons. The summed E-state index contributed by atoms with van der Waals surface area (Å²) in [5.41, 5.74) is 7.29. The first kappa shape index (κ1) is 16.9. The van der Waals surface area contributed by atoms with E-state index in [2.05, 4.69) is 24.0 Å². The molecule has 1 aliphatic rings. The summed E-state index contributed by atoms with van der Waals surface area (Å²) in [6.07, 6.45) is 3.79. The van der Waals surface area contributed by atoms with Crippen LogP contribution in [0.1, 0.15) is 37.8 Å². The number of nitrogens with two attached hydrogens (primary N) is 1. The molecule has 0 aliphatic carbocycles. The van der Waals surface area contributed by atoms with E-state index in [0.717, 1.165) is 12.3 Å². The number of rotatable bonds is 5. The monoisotopic (exact) mass is 328 g/mol. The second kappa shape index (κ2) is 7.77. The first-order chi connectivity index (χ1) is 11.7. The predicted molar refractivity (Wildman–Crippen MR) is 94.7 cm³/mol. The van der Waals surface area contributed by atoms with Crippen molar-refractivity contribution >= 4 is 0 Å². The van der Waals surface area contributed by atoms with Gasteiger partial charge in [0.15, 0.2) is 0 Å². The molecule has 0 amide bonds. The van der Waals surface area contributed by atoms with Gasteiger partial charge in [0.05, 0.1) is 0 Å². The summed E-state index contributed by atoms with van der Waals surface area (Å²) in [7, 11) is 0. The van der Waals surface area contributed by atoms with Crippen LogP contribution in [-0.4, -0.2) is 24.0 Å². The molecule has 0 saturated carbocycles. The molecule has 1 aliphatic heterocycles. The van der Waals surface area contributed by atoms with E-state index < -0.39 is 0 Å². The van der Waals surface area contributed by atoms with E-state index >= 15 is 0 Å². The Bertz CT molecular complexity index is 642. The summed E-state index contributed by atoms with van der Waals surface area (Å²) in [5, 5.41) is 0. The fraction of sp³-hybridized carbons (Fsp3) is 0.400. The highest BCUT2D eigenvalue weighted by Crippen LogP contribution is 2.30. The van der Waals surface area contributed by atoms with Crippen LogP contribution in [0.5, 0.6) is 11.5 Å². The third kappa shape index (κ3) is 3.94. The number of nitrogens with zero attached hydrogens (tertiary/aromatic N) is 1. The Morgan fingerprint density at radius 1 is 1.08 bits per heavy atom. The highest BCUT2D eigenvalue weighted by molar-refractivity contribution is 5.34. The van der Waals surface area contributed by atoms with Crippen LogP contribution in [0, 0.1) is 5.82 Å². The Morgan fingerprint density at radius 3 is 2.29 bits per heavy atom. The van der Waals surface area contributed by atoms with Crippen LogP contribution in [0.15, 0.2) is 48.5 Å². The van der Waals surface area contributed by atoms with Gasteiger partial charge in [-0.1, -0.05) is 18.6 Å². The van der Waals surface area contributed by atoms with Crippen molar-refractivity contribution in [3.63, 3.8) is 0 Å². The lowest BCUT2D eigenvalue weighted by molar-refractivity contribution is 0.109. The van der Waals surface area contributed by atoms with Gasteiger partial charge in [-0.15, -0.1) is 0 Å².